The molecule has 1 amide bonds. The van der Waals surface area contributed by atoms with E-state index in [1.807, 2.05) is 37.4 Å². The van der Waals surface area contributed by atoms with Crippen molar-refractivity contribution in [1.29, 1.82) is 0 Å². The second-order valence-corrected chi connectivity index (χ2v) is 7.72. The molecule has 10 heteroatoms. The molecule has 180 valence electrons. The van der Waals surface area contributed by atoms with Gasteiger partial charge in [-0.3, -0.25) is 4.79 Å². The number of benzene rings is 2. The lowest BCUT2D eigenvalue weighted by Crippen LogP contribution is -2.43. The largest absolute Gasteiger partial charge is 0.505 e. The lowest BCUT2D eigenvalue weighted by molar-refractivity contribution is -0.145. The van der Waals surface area contributed by atoms with Crippen LogP contribution in [-0.2, 0) is 20.7 Å². The number of likely N-dealkylation sites (N-methyl/N-ethyl adjacent to an activating group) is 1. The molecule has 1 unspecified atom stereocenters. The summed E-state index contributed by atoms with van der Waals surface area (Å²) in [7, 11) is 1.82. The Balaban J connectivity index is 2.13. The molecule has 0 bridgehead atoms. The second kappa shape index (κ2) is 13.9. The first-order chi connectivity index (χ1) is 15.9. The topological polar surface area (TPSA) is 106 Å². The molecule has 2 aromatic rings. The van der Waals surface area contributed by atoms with E-state index in [1.54, 1.807) is 6.92 Å². The molecule has 3 N–H and O–H groups in total. The Morgan fingerprint density at radius 1 is 1.12 bits per heavy atom. The summed E-state index contributed by atoms with van der Waals surface area (Å²) >= 11 is 12.5. The fourth-order valence-corrected chi connectivity index (χ4v) is 3.46. The number of amides is 1. The van der Waals surface area contributed by atoms with Gasteiger partial charge in [-0.2, -0.15) is 0 Å². The van der Waals surface area contributed by atoms with Gasteiger partial charge in [0.15, 0.2) is 11.5 Å². The van der Waals surface area contributed by atoms with E-state index in [4.69, 9.17) is 37.4 Å². The van der Waals surface area contributed by atoms with Crippen molar-refractivity contribution in [3.8, 4) is 11.5 Å². The van der Waals surface area contributed by atoms with Crippen molar-refractivity contribution in [2.75, 3.05) is 40.0 Å². The van der Waals surface area contributed by atoms with E-state index in [0.717, 1.165) is 5.56 Å². The van der Waals surface area contributed by atoms with E-state index in [2.05, 4.69) is 10.6 Å². The molecule has 0 aliphatic carbocycles. The zero-order valence-electron chi connectivity index (χ0n) is 18.5. The minimum atomic E-state index is -0.970. The number of nitrogens with one attached hydrogen (secondary N) is 2. The number of phenols is 1. The summed E-state index contributed by atoms with van der Waals surface area (Å²) in [4.78, 5) is 25.3. The number of phenolic OH excluding ortho intramolecular Hbond substituents is 1. The normalized spacial score (nSPS) is 11.6. The van der Waals surface area contributed by atoms with Gasteiger partial charge in [0.1, 0.15) is 17.7 Å². The number of ether oxygens (including phenoxy) is 3. The molecule has 0 radical (unpaired) electrons. The molecule has 0 saturated carbocycles. The Hall–Kier alpha value is -2.52. The number of aromatic hydroxyl groups is 1. The van der Waals surface area contributed by atoms with Crippen LogP contribution in [0.25, 0.3) is 0 Å². The van der Waals surface area contributed by atoms with Gasteiger partial charge in [0.2, 0.25) is 0 Å². The van der Waals surface area contributed by atoms with E-state index in [-0.39, 0.29) is 47.6 Å². The van der Waals surface area contributed by atoms with Crippen LogP contribution in [0.2, 0.25) is 10.0 Å². The van der Waals surface area contributed by atoms with Gasteiger partial charge >= 0.3 is 5.97 Å². The Bertz CT molecular complexity index is 927. The Kier molecular flexibility index (Phi) is 11.3. The zero-order chi connectivity index (χ0) is 24.2. The van der Waals surface area contributed by atoms with Crippen LogP contribution in [0.1, 0.15) is 22.8 Å². The molecule has 0 aromatic heterocycles. The molecule has 2 rings (SSSR count). The van der Waals surface area contributed by atoms with E-state index in [1.165, 1.54) is 6.07 Å². The summed E-state index contributed by atoms with van der Waals surface area (Å²) in [6.07, 6.45) is 0.211. The highest BCUT2D eigenvalue weighted by Gasteiger charge is 2.27. The summed E-state index contributed by atoms with van der Waals surface area (Å²) in [6.45, 7) is 3.48. The van der Waals surface area contributed by atoms with E-state index >= 15 is 0 Å². The number of carbonyl (C=O) groups excluding carboxylic acids is 2. The summed E-state index contributed by atoms with van der Waals surface area (Å²) in [5.74, 6) is -1.79. The fourth-order valence-electron chi connectivity index (χ4n) is 2.90. The number of rotatable bonds is 13. The van der Waals surface area contributed by atoms with Gasteiger partial charge in [0.25, 0.3) is 5.91 Å². The maximum Gasteiger partial charge on any atom is 0.328 e. The quantitative estimate of drug-likeness (QED) is 0.287. The maximum atomic E-state index is 12.9. The van der Waals surface area contributed by atoms with E-state index in [0.29, 0.717) is 13.2 Å². The van der Waals surface area contributed by atoms with Crippen molar-refractivity contribution in [1.82, 2.24) is 10.6 Å². The number of esters is 1. The number of hydrogen-bond donors (Lipinski definition) is 3. The third-order valence-electron chi connectivity index (χ3n) is 4.52. The van der Waals surface area contributed by atoms with E-state index < -0.39 is 23.7 Å². The van der Waals surface area contributed by atoms with Crippen molar-refractivity contribution < 1.29 is 28.9 Å². The first-order valence-corrected chi connectivity index (χ1v) is 11.2. The van der Waals surface area contributed by atoms with Gasteiger partial charge in [-0.05, 0) is 25.6 Å². The number of carbonyl (C=O) groups is 2. The van der Waals surface area contributed by atoms with Gasteiger partial charge in [0, 0.05) is 13.0 Å². The molecule has 0 aliphatic rings. The average Bonchev–Trinajstić information content (AvgIpc) is 2.80. The fraction of sp³-hybridized carbons (Fsp3) is 0.391. The van der Waals surface area contributed by atoms with Gasteiger partial charge in [0.05, 0.1) is 30.4 Å². The summed E-state index contributed by atoms with van der Waals surface area (Å²) in [5, 5.41) is 15.9. The second-order valence-electron chi connectivity index (χ2n) is 6.93. The lowest BCUT2D eigenvalue weighted by Gasteiger charge is -2.19. The van der Waals surface area contributed by atoms with Crippen LogP contribution in [0.3, 0.4) is 0 Å². The van der Waals surface area contributed by atoms with Gasteiger partial charge in [-0.1, -0.05) is 53.5 Å². The smallest absolute Gasteiger partial charge is 0.328 e. The zero-order valence-corrected chi connectivity index (χ0v) is 20.0. The standard InChI is InChI=1S/C23H28Cl2N2O6/c1-3-32-23(30)18(13-15-7-5-4-6-8-15)27-22(29)16-14-17(24)21(19(25)20(16)28)33-12-11-31-10-9-26-2/h4-8,14,18,26,28H,3,9-13H2,1-2H3,(H,27,29). The SMILES string of the molecule is CCOC(=O)C(Cc1ccccc1)NC(=O)c1cc(Cl)c(OCCOCCNC)c(Cl)c1O. The van der Waals surface area contributed by atoms with Gasteiger partial charge in [-0.15, -0.1) is 0 Å². The first-order valence-electron chi connectivity index (χ1n) is 10.5. The molecule has 33 heavy (non-hydrogen) atoms. The molecule has 0 heterocycles. The van der Waals surface area contributed by atoms with Gasteiger partial charge < -0.3 is 30.0 Å². The lowest BCUT2D eigenvalue weighted by atomic mass is 10.1. The van der Waals surface area contributed by atoms with Crippen LogP contribution in [0, 0.1) is 0 Å². The highest BCUT2D eigenvalue weighted by molar-refractivity contribution is 6.39. The average molecular weight is 499 g/mol. The van der Waals surface area contributed by atoms with Crippen LogP contribution >= 0.6 is 23.2 Å². The number of halogens is 2. The number of hydrogen-bond acceptors (Lipinski definition) is 7. The molecular formula is C23H28Cl2N2O6. The molecule has 1 atom stereocenters. The summed E-state index contributed by atoms with van der Waals surface area (Å²) in [6, 6.07) is 9.44. The van der Waals surface area contributed by atoms with Crippen LogP contribution in [-0.4, -0.2) is 63.0 Å². The van der Waals surface area contributed by atoms with Crippen molar-refractivity contribution in [3.63, 3.8) is 0 Å². The van der Waals surface area contributed by atoms with Crippen LogP contribution < -0.4 is 15.4 Å². The third-order valence-corrected chi connectivity index (χ3v) is 5.16. The van der Waals surface area contributed by atoms with Gasteiger partial charge in [-0.25, -0.2) is 4.79 Å². The molecule has 0 fully saturated rings. The Morgan fingerprint density at radius 2 is 1.85 bits per heavy atom. The highest BCUT2D eigenvalue weighted by Crippen LogP contribution is 2.42. The monoisotopic (exact) mass is 498 g/mol. The molecule has 0 spiro atoms. The third kappa shape index (κ3) is 8.08. The predicted octanol–water partition coefficient (Wildman–Crippen LogP) is 3.22. The van der Waals surface area contributed by atoms with Crippen LogP contribution in [0.4, 0.5) is 0 Å². The molecular weight excluding hydrogens is 471 g/mol. The predicted molar refractivity (Wildman–Crippen MR) is 126 cm³/mol. The first kappa shape index (κ1) is 26.7. The van der Waals surface area contributed by atoms with Crippen molar-refractivity contribution in [2.24, 2.45) is 0 Å². The van der Waals surface area contributed by atoms with Crippen molar-refractivity contribution >= 4 is 35.1 Å². The van der Waals surface area contributed by atoms with Crippen molar-refractivity contribution in [3.05, 3.63) is 57.6 Å². The highest BCUT2D eigenvalue weighted by atomic mass is 35.5. The summed E-state index contributed by atoms with van der Waals surface area (Å²) < 4.78 is 16.0. The van der Waals surface area contributed by atoms with Crippen LogP contribution in [0.5, 0.6) is 11.5 Å². The van der Waals surface area contributed by atoms with E-state index in [9.17, 15) is 14.7 Å². The minimum Gasteiger partial charge on any atom is -0.505 e. The maximum absolute atomic E-state index is 12.9. The molecule has 0 aliphatic heterocycles. The molecule has 8 nitrogen and oxygen atoms in total. The molecule has 0 saturated heterocycles. The minimum absolute atomic E-state index is 0.0360. The molecule has 2 aromatic carbocycles. The Labute approximate surface area is 203 Å². The van der Waals surface area contributed by atoms with Crippen molar-refractivity contribution in [2.45, 2.75) is 19.4 Å². The Morgan fingerprint density at radius 3 is 2.52 bits per heavy atom. The summed E-state index contributed by atoms with van der Waals surface area (Å²) in [5.41, 5.74) is 0.641. The van der Waals surface area contributed by atoms with Crippen LogP contribution in [0.15, 0.2) is 36.4 Å².